The Morgan fingerprint density at radius 2 is 2.00 bits per heavy atom. The zero-order valence-electron chi connectivity index (χ0n) is 8.30. The largest absolute Gasteiger partial charge is 0.449 e. The van der Waals surface area contributed by atoms with Crippen molar-refractivity contribution < 1.29 is 9.53 Å². The molecule has 0 N–H and O–H groups in total. The number of hydrogen-bond acceptors (Lipinski definition) is 2. The summed E-state index contributed by atoms with van der Waals surface area (Å²) in [4.78, 5) is 12.6. The fourth-order valence-electron chi connectivity index (χ4n) is 0.751. The molecule has 0 aromatic heterocycles. The Morgan fingerprint density at radius 1 is 1.33 bits per heavy atom. The summed E-state index contributed by atoms with van der Waals surface area (Å²) in [7, 11) is 1.74. The van der Waals surface area contributed by atoms with Gasteiger partial charge in [0.05, 0.1) is 6.61 Å². The quantitative estimate of drug-likeness (QED) is 0.597. The van der Waals surface area contributed by atoms with E-state index in [0.29, 0.717) is 13.2 Å². The minimum Gasteiger partial charge on any atom is -0.449 e. The highest BCUT2D eigenvalue weighted by atomic mass is 16.6. The van der Waals surface area contributed by atoms with E-state index in [9.17, 15) is 4.79 Å². The van der Waals surface area contributed by atoms with Crippen molar-refractivity contribution in [1.29, 1.82) is 0 Å². The number of hydrogen-bond donors (Lipinski definition) is 0. The highest BCUT2D eigenvalue weighted by Crippen LogP contribution is 1.96. The van der Waals surface area contributed by atoms with Crippen LogP contribution in [0.1, 0.15) is 33.1 Å². The maximum absolute atomic E-state index is 11.0. The third kappa shape index (κ3) is 4.99. The van der Waals surface area contributed by atoms with Gasteiger partial charge in [0.15, 0.2) is 0 Å². The number of amides is 1. The average Bonchev–Trinajstić information content (AvgIpc) is 2.10. The van der Waals surface area contributed by atoms with Crippen LogP contribution in [0.4, 0.5) is 4.79 Å². The van der Waals surface area contributed by atoms with Crippen LogP contribution in [0.3, 0.4) is 0 Å². The zero-order valence-corrected chi connectivity index (χ0v) is 8.30. The molecule has 0 spiro atoms. The van der Waals surface area contributed by atoms with Gasteiger partial charge in [0.1, 0.15) is 0 Å². The molecule has 0 aliphatic heterocycles. The van der Waals surface area contributed by atoms with E-state index >= 15 is 0 Å². The van der Waals surface area contributed by atoms with Crippen LogP contribution in [0.25, 0.3) is 0 Å². The van der Waals surface area contributed by atoms with Crippen molar-refractivity contribution in [3.05, 3.63) is 0 Å². The summed E-state index contributed by atoms with van der Waals surface area (Å²) in [5, 5.41) is 0. The smallest absolute Gasteiger partial charge is 0.409 e. The Labute approximate surface area is 74.7 Å². The van der Waals surface area contributed by atoms with E-state index in [1.165, 1.54) is 0 Å². The van der Waals surface area contributed by atoms with E-state index in [4.69, 9.17) is 4.74 Å². The molecule has 0 fully saturated rings. The van der Waals surface area contributed by atoms with Gasteiger partial charge in [-0.25, -0.2) is 4.79 Å². The number of nitrogens with zero attached hydrogens (tertiary/aromatic N) is 1. The monoisotopic (exact) mass is 173 g/mol. The number of rotatable bonds is 5. The van der Waals surface area contributed by atoms with E-state index in [1.807, 2.05) is 6.92 Å². The van der Waals surface area contributed by atoms with Crippen LogP contribution in [-0.4, -0.2) is 31.2 Å². The van der Waals surface area contributed by atoms with Crippen molar-refractivity contribution in [3.63, 3.8) is 0 Å². The Kier molecular flexibility index (Phi) is 6.53. The third-order valence-corrected chi connectivity index (χ3v) is 1.76. The van der Waals surface area contributed by atoms with Crippen LogP contribution in [0.15, 0.2) is 0 Å². The Bertz CT molecular complexity index is 126. The second-order valence-corrected chi connectivity index (χ2v) is 2.84. The van der Waals surface area contributed by atoms with E-state index in [1.54, 1.807) is 11.9 Å². The molecular formula is C9H19NO2. The maximum atomic E-state index is 11.0. The summed E-state index contributed by atoms with van der Waals surface area (Å²) in [6.07, 6.45) is 3.04. The van der Waals surface area contributed by atoms with Crippen molar-refractivity contribution in [1.82, 2.24) is 4.90 Å². The van der Waals surface area contributed by atoms with Gasteiger partial charge in [-0.2, -0.15) is 0 Å². The first kappa shape index (κ1) is 11.3. The molecule has 0 radical (unpaired) electrons. The maximum Gasteiger partial charge on any atom is 0.409 e. The lowest BCUT2D eigenvalue weighted by Crippen LogP contribution is -2.27. The number of ether oxygens (including phenoxy) is 1. The van der Waals surface area contributed by atoms with Crippen molar-refractivity contribution >= 4 is 6.09 Å². The second-order valence-electron chi connectivity index (χ2n) is 2.84. The molecule has 0 unspecified atom stereocenters. The number of carbonyl (C=O) groups excluding carboxylic acids is 1. The summed E-state index contributed by atoms with van der Waals surface area (Å²) in [5.74, 6) is 0. The van der Waals surface area contributed by atoms with Gasteiger partial charge in [0.25, 0.3) is 0 Å². The minimum absolute atomic E-state index is 0.214. The first-order valence-corrected chi connectivity index (χ1v) is 4.60. The number of carbonyl (C=O) groups is 1. The second kappa shape index (κ2) is 6.95. The normalized spacial score (nSPS) is 9.58. The molecule has 0 bridgehead atoms. The van der Waals surface area contributed by atoms with Crippen LogP contribution in [-0.2, 0) is 4.74 Å². The van der Waals surface area contributed by atoms with Gasteiger partial charge >= 0.3 is 6.09 Å². The lowest BCUT2D eigenvalue weighted by molar-refractivity contribution is 0.111. The van der Waals surface area contributed by atoms with E-state index in [-0.39, 0.29) is 6.09 Å². The molecule has 0 atom stereocenters. The molecule has 72 valence electrons. The van der Waals surface area contributed by atoms with Gasteiger partial charge in [0, 0.05) is 13.6 Å². The molecule has 0 aromatic rings. The van der Waals surface area contributed by atoms with Crippen LogP contribution in [0.2, 0.25) is 0 Å². The van der Waals surface area contributed by atoms with Crippen LogP contribution in [0, 0.1) is 0 Å². The molecule has 0 aromatic carbocycles. The summed E-state index contributed by atoms with van der Waals surface area (Å²) in [6, 6.07) is 0. The van der Waals surface area contributed by atoms with E-state index in [2.05, 4.69) is 6.92 Å². The molecule has 0 aliphatic carbocycles. The fraction of sp³-hybridized carbons (Fsp3) is 0.889. The SMILES string of the molecule is CCCCCOC(=O)N(C)CC. The first-order valence-electron chi connectivity index (χ1n) is 4.60. The Morgan fingerprint density at radius 3 is 2.50 bits per heavy atom. The van der Waals surface area contributed by atoms with Gasteiger partial charge < -0.3 is 9.64 Å². The standard InChI is InChI=1S/C9H19NO2/c1-4-6-7-8-12-9(11)10(3)5-2/h4-8H2,1-3H3. The molecule has 1 amide bonds. The number of unbranched alkanes of at least 4 members (excludes halogenated alkanes) is 2. The van der Waals surface area contributed by atoms with Crippen LogP contribution in [0.5, 0.6) is 0 Å². The summed E-state index contributed by atoms with van der Waals surface area (Å²) < 4.78 is 4.98. The highest BCUT2D eigenvalue weighted by molar-refractivity contribution is 5.67. The molecule has 12 heavy (non-hydrogen) atoms. The van der Waals surface area contributed by atoms with E-state index < -0.39 is 0 Å². The van der Waals surface area contributed by atoms with E-state index in [0.717, 1.165) is 19.3 Å². The predicted octanol–water partition coefficient (Wildman–Crippen LogP) is 2.26. The highest BCUT2D eigenvalue weighted by Gasteiger charge is 2.05. The van der Waals surface area contributed by atoms with Gasteiger partial charge in [-0.1, -0.05) is 19.8 Å². The molecule has 3 heteroatoms. The Balaban J connectivity index is 3.31. The molecule has 0 saturated heterocycles. The van der Waals surface area contributed by atoms with Crippen molar-refractivity contribution in [2.45, 2.75) is 33.1 Å². The predicted molar refractivity (Wildman–Crippen MR) is 49.2 cm³/mol. The molecule has 0 heterocycles. The summed E-state index contributed by atoms with van der Waals surface area (Å²) >= 11 is 0. The van der Waals surface area contributed by atoms with Crippen molar-refractivity contribution in [3.8, 4) is 0 Å². The van der Waals surface area contributed by atoms with Gasteiger partial charge in [-0.3, -0.25) is 0 Å². The third-order valence-electron chi connectivity index (χ3n) is 1.76. The Hall–Kier alpha value is -0.730. The minimum atomic E-state index is -0.214. The van der Waals surface area contributed by atoms with Crippen molar-refractivity contribution in [2.24, 2.45) is 0 Å². The average molecular weight is 173 g/mol. The van der Waals surface area contributed by atoms with Crippen molar-refractivity contribution in [2.75, 3.05) is 20.2 Å². The molecule has 0 saturated carbocycles. The summed E-state index contributed by atoms with van der Waals surface area (Å²) in [6.45, 7) is 5.30. The lowest BCUT2D eigenvalue weighted by Gasteiger charge is -2.13. The zero-order chi connectivity index (χ0) is 9.40. The fourth-order valence-corrected chi connectivity index (χ4v) is 0.751. The van der Waals surface area contributed by atoms with Crippen LogP contribution >= 0.6 is 0 Å². The van der Waals surface area contributed by atoms with Crippen LogP contribution < -0.4 is 0 Å². The first-order chi connectivity index (χ1) is 5.72. The molecule has 0 aliphatic rings. The molecule has 3 nitrogen and oxygen atoms in total. The van der Waals surface area contributed by atoms with Gasteiger partial charge in [-0.05, 0) is 13.3 Å². The molecular weight excluding hydrogens is 154 g/mol. The van der Waals surface area contributed by atoms with Gasteiger partial charge in [-0.15, -0.1) is 0 Å². The summed E-state index contributed by atoms with van der Waals surface area (Å²) in [5.41, 5.74) is 0. The van der Waals surface area contributed by atoms with Gasteiger partial charge in [0.2, 0.25) is 0 Å². The lowest BCUT2D eigenvalue weighted by atomic mass is 10.3. The topological polar surface area (TPSA) is 29.5 Å². The molecule has 0 rings (SSSR count).